The maximum atomic E-state index is 13.5. The molecule has 1 amide bonds. The normalized spacial score (nSPS) is 18.1. The number of ether oxygens (including phenoxy) is 1. The van der Waals surface area contributed by atoms with Crippen molar-refractivity contribution in [3.05, 3.63) is 101 Å². The molecule has 0 unspecified atom stereocenters. The van der Waals surface area contributed by atoms with Crippen molar-refractivity contribution in [2.75, 3.05) is 26.7 Å². The van der Waals surface area contributed by atoms with Gasteiger partial charge in [0.15, 0.2) is 0 Å². The van der Waals surface area contributed by atoms with Gasteiger partial charge in [-0.3, -0.25) is 9.69 Å². The monoisotopic (exact) mass is 528 g/mol. The summed E-state index contributed by atoms with van der Waals surface area (Å²) in [5.41, 5.74) is 1.34. The minimum atomic E-state index is -4.44. The number of nitrogens with zero attached hydrogens (tertiary/aromatic N) is 2. The summed E-state index contributed by atoms with van der Waals surface area (Å²) in [4.78, 5) is 17.3. The molecular formula is C30H32F4N2O2. The third kappa shape index (κ3) is 6.54. The third-order valence-corrected chi connectivity index (χ3v) is 7.11. The highest BCUT2D eigenvalue weighted by atomic mass is 19.4. The minimum Gasteiger partial charge on any atom is -0.497 e. The Labute approximate surface area is 220 Å². The zero-order valence-corrected chi connectivity index (χ0v) is 21.7. The lowest BCUT2D eigenvalue weighted by Crippen LogP contribution is -2.42. The first-order chi connectivity index (χ1) is 18.0. The SMILES string of the molecule is COc1cccc(CN2C[C@@H](CN(C(=O)c3ccc(F)cc3)C(C)C)[C@@H](c3cccc(C(F)(F)F)c3)C2)c1. The molecule has 0 bridgehead atoms. The molecule has 38 heavy (non-hydrogen) atoms. The number of alkyl halides is 3. The minimum absolute atomic E-state index is 0.101. The summed E-state index contributed by atoms with van der Waals surface area (Å²) in [6.07, 6.45) is -4.44. The Balaban J connectivity index is 1.63. The van der Waals surface area contributed by atoms with Gasteiger partial charge in [-0.25, -0.2) is 4.39 Å². The topological polar surface area (TPSA) is 32.8 Å². The van der Waals surface area contributed by atoms with Gasteiger partial charge in [0.25, 0.3) is 5.91 Å². The van der Waals surface area contributed by atoms with Crippen LogP contribution < -0.4 is 4.74 Å². The molecule has 4 nitrogen and oxygen atoms in total. The molecular weight excluding hydrogens is 496 g/mol. The third-order valence-electron chi connectivity index (χ3n) is 7.11. The average Bonchev–Trinajstić information content (AvgIpc) is 3.29. The van der Waals surface area contributed by atoms with Crippen LogP contribution >= 0.6 is 0 Å². The number of methoxy groups -OCH3 is 1. The summed E-state index contributed by atoms with van der Waals surface area (Å²) in [7, 11) is 1.60. The van der Waals surface area contributed by atoms with E-state index < -0.39 is 17.6 Å². The first-order valence-electron chi connectivity index (χ1n) is 12.6. The van der Waals surface area contributed by atoms with E-state index in [0.29, 0.717) is 37.3 Å². The number of rotatable bonds is 8. The fraction of sp³-hybridized carbons (Fsp3) is 0.367. The number of carbonyl (C=O) groups is 1. The Hall–Kier alpha value is -3.39. The summed E-state index contributed by atoms with van der Waals surface area (Å²) >= 11 is 0. The van der Waals surface area contributed by atoms with Crippen LogP contribution in [0.5, 0.6) is 5.75 Å². The van der Waals surface area contributed by atoms with Crippen molar-refractivity contribution in [1.29, 1.82) is 0 Å². The largest absolute Gasteiger partial charge is 0.497 e. The van der Waals surface area contributed by atoms with E-state index in [1.54, 1.807) is 18.1 Å². The van der Waals surface area contributed by atoms with Crippen molar-refractivity contribution >= 4 is 5.91 Å². The highest BCUT2D eigenvalue weighted by molar-refractivity contribution is 5.94. The van der Waals surface area contributed by atoms with Gasteiger partial charge >= 0.3 is 6.18 Å². The molecule has 1 saturated heterocycles. The lowest BCUT2D eigenvalue weighted by Gasteiger charge is -2.32. The Kier molecular flexibility index (Phi) is 8.41. The molecule has 4 rings (SSSR count). The van der Waals surface area contributed by atoms with E-state index in [2.05, 4.69) is 4.90 Å². The van der Waals surface area contributed by atoms with Gasteiger partial charge in [0.2, 0.25) is 0 Å². The molecule has 1 aliphatic rings. The Morgan fingerprint density at radius 3 is 2.39 bits per heavy atom. The number of carbonyl (C=O) groups excluding carboxylic acids is 1. The van der Waals surface area contributed by atoms with E-state index in [1.807, 2.05) is 38.1 Å². The van der Waals surface area contributed by atoms with Gasteiger partial charge in [0.1, 0.15) is 11.6 Å². The zero-order chi connectivity index (χ0) is 27.4. The summed E-state index contributed by atoms with van der Waals surface area (Å²) < 4.78 is 59.4. The number of likely N-dealkylation sites (tertiary alicyclic amines) is 1. The van der Waals surface area contributed by atoms with Gasteiger partial charge < -0.3 is 9.64 Å². The van der Waals surface area contributed by atoms with Crippen molar-refractivity contribution in [3.8, 4) is 5.75 Å². The second kappa shape index (κ2) is 11.6. The van der Waals surface area contributed by atoms with Crippen molar-refractivity contribution in [2.24, 2.45) is 5.92 Å². The Bertz CT molecular complexity index is 1240. The van der Waals surface area contributed by atoms with Crippen molar-refractivity contribution < 1.29 is 27.1 Å². The van der Waals surface area contributed by atoms with Gasteiger partial charge in [0, 0.05) is 43.7 Å². The molecule has 1 fully saturated rings. The molecule has 0 aliphatic carbocycles. The van der Waals surface area contributed by atoms with E-state index in [1.165, 1.54) is 36.4 Å². The molecule has 0 saturated carbocycles. The molecule has 0 aromatic heterocycles. The molecule has 1 heterocycles. The number of amides is 1. The van der Waals surface area contributed by atoms with Crippen LogP contribution in [0, 0.1) is 11.7 Å². The number of halogens is 4. The quantitative estimate of drug-likeness (QED) is 0.308. The van der Waals surface area contributed by atoms with Crippen molar-refractivity contribution in [2.45, 2.75) is 38.5 Å². The van der Waals surface area contributed by atoms with E-state index in [0.717, 1.165) is 17.4 Å². The number of hydrogen-bond acceptors (Lipinski definition) is 3. The summed E-state index contributed by atoms with van der Waals surface area (Å²) in [6.45, 7) is 5.95. The zero-order valence-electron chi connectivity index (χ0n) is 21.7. The highest BCUT2D eigenvalue weighted by Crippen LogP contribution is 2.38. The number of benzene rings is 3. The summed E-state index contributed by atoms with van der Waals surface area (Å²) in [6, 6.07) is 18.5. The lowest BCUT2D eigenvalue weighted by molar-refractivity contribution is -0.137. The van der Waals surface area contributed by atoms with Crippen molar-refractivity contribution in [3.63, 3.8) is 0 Å². The fourth-order valence-electron chi connectivity index (χ4n) is 5.17. The molecule has 8 heteroatoms. The predicted octanol–water partition coefficient (Wildman–Crippen LogP) is 6.62. The van der Waals surface area contributed by atoms with E-state index >= 15 is 0 Å². The fourth-order valence-corrected chi connectivity index (χ4v) is 5.17. The Morgan fingerprint density at radius 2 is 1.74 bits per heavy atom. The highest BCUT2D eigenvalue weighted by Gasteiger charge is 2.38. The van der Waals surface area contributed by atoms with Crippen LogP contribution in [0.3, 0.4) is 0 Å². The average molecular weight is 529 g/mol. The van der Waals surface area contributed by atoms with Crippen LogP contribution in [0.4, 0.5) is 17.6 Å². The second-order valence-electron chi connectivity index (χ2n) is 10.1. The maximum absolute atomic E-state index is 13.5. The summed E-state index contributed by atoms with van der Waals surface area (Å²) in [5, 5.41) is 0. The van der Waals surface area contributed by atoms with E-state index in [4.69, 9.17) is 4.74 Å². The predicted molar refractivity (Wildman–Crippen MR) is 139 cm³/mol. The lowest BCUT2D eigenvalue weighted by atomic mass is 9.87. The first kappa shape index (κ1) is 27.6. The second-order valence-corrected chi connectivity index (χ2v) is 10.1. The molecule has 0 N–H and O–H groups in total. The van der Waals surface area contributed by atoms with Gasteiger partial charge in [0.05, 0.1) is 12.7 Å². The van der Waals surface area contributed by atoms with Gasteiger partial charge in [-0.05, 0) is 73.4 Å². The summed E-state index contributed by atoms with van der Waals surface area (Å²) in [5.74, 6) is -0.218. The van der Waals surface area contributed by atoms with Gasteiger partial charge in [-0.1, -0.05) is 30.3 Å². The number of hydrogen-bond donors (Lipinski definition) is 0. The molecule has 0 spiro atoms. The molecule has 3 aromatic carbocycles. The Morgan fingerprint density at radius 1 is 1.03 bits per heavy atom. The van der Waals surface area contributed by atoms with Crippen molar-refractivity contribution in [1.82, 2.24) is 9.80 Å². The molecule has 202 valence electrons. The standard InChI is InChI=1S/C30H32F4N2O2/c1-20(2)36(29(37)22-10-12-26(31)13-11-22)18-24-17-35(16-21-6-4-9-27(14-21)38-3)19-28(24)23-7-5-8-25(15-23)30(32,33)34/h4-15,20,24,28H,16-19H2,1-3H3/t24-,28+/m0/s1. The van der Waals surface area contributed by atoms with Crippen LogP contribution in [-0.4, -0.2) is 48.5 Å². The smallest absolute Gasteiger partial charge is 0.416 e. The van der Waals surface area contributed by atoms with Crippen LogP contribution in [0.1, 0.15) is 46.8 Å². The van der Waals surface area contributed by atoms with Gasteiger partial charge in [-0.2, -0.15) is 13.2 Å². The molecule has 2 atom stereocenters. The van der Waals surface area contributed by atoms with Crippen LogP contribution in [0.2, 0.25) is 0 Å². The van der Waals surface area contributed by atoms with Crippen LogP contribution in [0.25, 0.3) is 0 Å². The maximum Gasteiger partial charge on any atom is 0.416 e. The van der Waals surface area contributed by atoms with Crippen LogP contribution in [-0.2, 0) is 12.7 Å². The van der Waals surface area contributed by atoms with E-state index in [-0.39, 0.29) is 23.8 Å². The molecule has 1 aliphatic heterocycles. The first-order valence-corrected chi connectivity index (χ1v) is 12.6. The van der Waals surface area contributed by atoms with Crippen LogP contribution in [0.15, 0.2) is 72.8 Å². The van der Waals surface area contributed by atoms with Gasteiger partial charge in [-0.15, -0.1) is 0 Å². The molecule has 0 radical (unpaired) electrons. The van der Waals surface area contributed by atoms with E-state index in [9.17, 15) is 22.4 Å². The molecule has 3 aromatic rings.